The highest BCUT2D eigenvalue weighted by Gasteiger charge is 2.38. The summed E-state index contributed by atoms with van der Waals surface area (Å²) < 4.78 is 51.3. The lowest BCUT2D eigenvalue weighted by atomic mass is 9.77. The van der Waals surface area contributed by atoms with E-state index in [9.17, 15) is 0 Å². The van der Waals surface area contributed by atoms with Crippen molar-refractivity contribution in [3.8, 4) is 11.8 Å². The van der Waals surface area contributed by atoms with E-state index in [2.05, 4.69) is 27.3 Å². The summed E-state index contributed by atoms with van der Waals surface area (Å²) in [5.74, 6) is 3.21. The predicted octanol–water partition coefficient (Wildman–Crippen LogP) is 1.54. The summed E-state index contributed by atoms with van der Waals surface area (Å²) >= 11 is 2.40. The van der Waals surface area contributed by atoms with Gasteiger partial charge in [0.25, 0.3) is 5.88 Å². The fourth-order valence-corrected chi connectivity index (χ4v) is 6.04. The number of piperidine rings is 3. The third-order valence-corrected chi connectivity index (χ3v) is 7.95. The van der Waals surface area contributed by atoms with Gasteiger partial charge in [0.05, 0.1) is 76.3 Å². The molecule has 12 nitrogen and oxygen atoms in total. The Hall–Kier alpha value is -1.68. The van der Waals surface area contributed by atoms with Crippen molar-refractivity contribution in [3.05, 3.63) is 5.69 Å². The lowest BCUT2D eigenvalue weighted by Gasteiger charge is -2.44. The van der Waals surface area contributed by atoms with Crippen LogP contribution >= 0.6 is 23.5 Å². The summed E-state index contributed by atoms with van der Waals surface area (Å²) in [7, 11) is 0. The van der Waals surface area contributed by atoms with Crippen molar-refractivity contribution in [2.45, 2.75) is 18.8 Å². The largest absolute Gasteiger partial charge is 0.473 e. The Kier molecular flexibility index (Phi) is 10.5. The van der Waals surface area contributed by atoms with Gasteiger partial charge in [0.1, 0.15) is 18.9 Å². The number of morpholine rings is 1. The smallest absolute Gasteiger partial charge is 0.270 e. The van der Waals surface area contributed by atoms with Crippen molar-refractivity contribution in [2.24, 2.45) is 5.92 Å². The molecule has 0 radical (unpaired) electrons. The third kappa shape index (κ3) is 7.68. The monoisotopic (exact) mass is 556 g/mol. The molecule has 4 aliphatic heterocycles. The molecule has 2 aromatic rings. The minimum atomic E-state index is 0.418. The number of hydrogen-bond donors (Lipinski definition) is 0. The molecule has 0 spiro atoms. The van der Waals surface area contributed by atoms with E-state index < -0.39 is 0 Å². The molecule has 4 aliphatic rings. The molecule has 6 heterocycles. The van der Waals surface area contributed by atoms with E-state index in [1.165, 1.54) is 37.7 Å². The van der Waals surface area contributed by atoms with Crippen LogP contribution in [0.15, 0.2) is 0 Å². The zero-order valence-electron chi connectivity index (χ0n) is 21.1. The van der Waals surface area contributed by atoms with Crippen LogP contribution < -0.4 is 14.4 Å². The molecule has 2 bridgehead atoms. The van der Waals surface area contributed by atoms with E-state index in [4.69, 9.17) is 28.4 Å². The Morgan fingerprint density at radius 2 is 1.30 bits per heavy atom. The van der Waals surface area contributed by atoms with E-state index in [-0.39, 0.29) is 0 Å². The van der Waals surface area contributed by atoms with Crippen LogP contribution in [0, 0.1) is 5.92 Å². The zero-order valence-corrected chi connectivity index (χ0v) is 22.8. The van der Waals surface area contributed by atoms with Crippen molar-refractivity contribution in [3.63, 3.8) is 0 Å². The van der Waals surface area contributed by atoms with Crippen molar-refractivity contribution < 1.29 is 28.4 Å². The molecule has 0 aliphatic carbocycles. The summed E-state index contributed by atoms with van der Waals surface area (Å²) in [6.45, 7) is 10.4. The van der Waals surface area contributed by atoms with Gasteiger partial charge in [-0.3, -0.25) is 0 Å². The Labute approximate surface area is 225 Å². The van der Waals surface area contributed by atoms with Crippen LogP contribution in [0.5, 0.6) is 11.8 Å². The summed E-state index contributed by atoms with van der Waals surface area (Å²) in [4.78, 5) is 4.66. The van der Waals surface area contributed by atoms with E-state index in [1.54, 1.807) is 0 Å². The maximum absolute atomic E-state index is 5.89. The Bertz CT molecular complexity index is 921. The van der Waals surface area contributed by atoms with Gasteiger partial charge in [0.2, 0.25) is 11.7 Å². The molecule has 2 aromatic heterocycles. The topological polar surface area (TPSA) is 113 Å². The van der Waals surface area contributed by atoms with Crippen LogP contribution in [0.1, 0.15) is 24.5 Å². The number of nitrogens with zero attached hydrogens (tertiary/aromatic N) is 6. The van der Waals surface area contributed by atoms with Gasteiger partial charge in [-0.2, -0.15) is 8.75 Å². The normalized spacial score (nSPS) is 23.5. The maximum atomic E-state index is 5.89. The zero-order chi connectivity index (χ0) is 25.1. The maximum Gasteiger partial charge on any atom is 0.270 e. The van der Waals surface area contributed by atoms with Gasteiger partial charge in [-0.15, -0.1) is 8.75 Å². The highest BCUT2D eigenvalue weighted by atomic mass is 32.1. The summed E-state index contributed by atoms with van der Waals surface area (Å²) in [5.41, 5.74) is 1.04. The van der Waals surface area contributed by atoms with Crippen LogP contribution in [0.2, 0.25) is 0 Å². The highest BCUT2D eigenvalue weighted by Crippen LogP contribution is 2.41. The number of ether oxygens (including phenoxy) is 6. The highest BCUT2D eigenvalue weighted by molar-refractivity contribution is 6.99. The minimum Gasteiger partial charge on any atom is -0.473 e. The Morgan fingerprint density at radius 1 is 0.703 bits per heavy atom. The molecule has 0 saturated carbocycles. The molecule has 14 heteroatoms. The van der Waals surface area contributed by atoms with Crippen molar-refractivity contribution >= 4 is 29.3 Å². The molecule has 1 atom stereocenters. The van der Waals surface area contributed by atoms with Crippen LogP contribution in [0.4, 0.5) is 5.82 Å². The van der Waals surface area contributed by atoms with Crippen molar-refractivity contribution in [1.82, 2.24) is 22.4 Å². The van der Waals surface area contributed by atoms with Gasteiger partial charge >= 0.3 is 0 Å². The fraction of sp³-hybridized carbons (Fsp3) is 0.826. The average molecular weight is 557 g/mol. The number of aromatic nitrogens is 4. The summed E-state index contributed by atoms with van der Waals surface area (Å²) in [6, 6.07) is 0. The van der Waals surface area contributed by atoms with Crippen molar-refractivity contribution in [1.29, 1.82) is 0 Å². The number of hydrogen-bond acceptors (Lipinski definition) is 14. The van der Waals surface area contributed by atoms with Crippen LogP contribution in [0.25, 0.3) is 0 Å². The van der Waals surface area contributed by atoms with Crippen LogP contribution in [-0.2, 0) is 18.9 Å². The van der Waals surface area contributed by atoms with E-state index in [1.807, 2.05) is 0 Å². The van der Waals surface area contributed by atoms with Gasteiger partial charge in [0, 0.05) is 25.6 Å². The minimum absolute atomic E-state index is 0.418. The lowest BCUT2D eigenvalue weighted by Crippen LogP contribution is -2.46. The molecule has 0 aromatic carbocycles. The van der Waals surface area contributed by atoms with Gasteiger partial charge in [-0.25, -0.2) is 0 Å². The van der Waals surface area contributed by atoms with Gasteiger partial charge in [-0.1, -0.05) is 0 Å². The molecule has 0 amide bonds. The first-order chi connectivity index (χ1) is 18.4. The molecule has 37 heavy (non-hydrogen) atoms. The molecule has 206 valence electrons. The van der Waals surface area contributed by atoms with Crippen LogP contribution in [0.3, 0.4) is 0 Å². The molecule has 6 rings (SSSR count). The van der Waals surface area contributed by atoms with Gasteiger partial charge < -0.3 is 38.2 Å². The van der Waals surface area contributed by atoms with Crippen LogP contribution in [-0.4, -0.2) is 121 Å². The molecular weight excluding hydrogens is 520 g/mol. The number of fused-ring (bicyclic) bond motifs is 3. The number of rotatable bonds is 16. The first-order valence-corrected chi connectivity index (χ1v) is 14.5. The molecule has 0 unspecified atom stereocenters. The second kappa shape index (κ2) is 14.5. The Morgan fingerprint density at radius 3 is 1.95 bits per heavy atom. The standard InChI is InChI=1S/C23H36N6O6S2/c1-3-28-4-2-18(1)19(17-28)20-22(26-36-24-20)34-15-13-32-11-9-31-10-12-33-14-16-35-23-21(25-37-27-23)29-5-7-30-8-6-29/h18-19H,1-17H2/t19-/m0/s1. The lowest BCUT2D eigenvalue weighted by molar-refractivity contribution is 0.00451. The van der Waals surface area contributed by atoms with E-state index in [0.29, 0.717) is 89.7 Å². The summed E-state index contributed by atoms with van der Waals surface area (Å²) in [6.07, 6.45) is 2.51. The quantitative estimate of drug-likeness (QED) is 0.280. The van der Waals surface area contributed by atoms with Gasteiger partial charge in [0.15, 0.2) is 0 Å². The summed E-state index contributed by atoms with van der Waals surface area (Å²) in [5, 5.41) is 0. The first kappa shape index (κ1) is 26.9. The average Bonchev–Trinajstić information content (AvgIpc) is 3.62. The van der Waals surface area contributed by atoms with E-state index >= 15 is 0 Å². The predicted molar refractivity (Wildman–Crippen MR) is 138 cm³/mol. The molecule has 4 saturated heterocycles. The molecular formula is C23H36N6O6S2. The second-order valence-corrected chi connectivity index (χ2v) is 10.3. The van der Waals surface area contributed by atoms with E-state index in [0.717, 1.165) is 42.9 Å². The van der Waals surface area contributed by atoms with Gasteiger partial charge in [-0.05, 0) is 31.8 Å². The SMILES string of the molecule is C(COCCOc1nsnc1[C@H]1CN2CCC1CC2)OCCOCCOc1nsnc1N1CCOCC1. The third-order valence-electron chi connectivity index (χ3n) is 6.92. The number of anilines is 1. The molecule has 0 N–H and O–H groups in total. The Balaban J connectivity index is 0.850. The fourth-order valence-electron chi connectivity index (χ4n) is 4.96. The first-order valence-electron chi connectivity index (χ1n) is 13.1. The molecule has 4 fully saturated rings. The van der Waals surface area contributed by atoms with Crippen molar-refractivity contribution in [2.75, 3.05) is 104 Å². The second-order valence-electron chi connectivity index (χ2n) is 9.23.